The lowest BCUT2D eigenvalue weighted by Gasteiger charge is -2.14. The van der Waals surface area contributed by atoms with Crippen LogP contribution in [0.2, 0.25) is 0 Å². The van der Waals surface area contributed by atoms with Gasteiger partial charge in [0.2, 0.25) is 0 Å². The van der Waals surface area contributed by atoms with E-state index in [1.54, 1.807) is 12.1 Å². The molecule has 106 valence electrons. The molecule has 20 heavy (non-hydrogen) atoms. The fourth-order valence-corrected chi connectivity index (χ4v) is 4.05. The van der Waals surface area contributed by atoms with Crippen molar-refractivity contribution in [3.8, 4) is 23.0 Å². The lowest BCUT2D eigenvalue weighted by atomic mass is 10.3. The van der Waals surface area contributed by atoms with Gasteiger partial charge < -0.3 is 14.9 Å². The van der Waals surface area contributed by atoms with Crippen molar-refractivity contribution in [2.75, 3.05) is 0 Å². The number of halogens is 5. The summed E-state index contributed by atoms with van der Waals surface area (Å²) in [6.45, 7) is 0. The molecule has 0 aliphatic rings. The Balaban J connectivity index is 2.54. The maximum atomic E-state index is 9.98. The number of phenols is 2. The van der Waals surface area contributed by atoms with Gasteiger partial charge >= 0.3 is 0 Å². The maximum absolute atomic E-state index is 9.98. The van der Waals surface area contributed by atoms with Crippen molar-refractivity contribution >= 4 is 79.6 Å². The van der Waals surface area contributed by atoms with Crippen molar-refractivity contribution in [2.24, 2.45) is 0 Å². The summed E-state index contributed by atoms with van der Waals surface area (Å²) in [5.41, 5.74) is 0. The first-order chi connectivity index (χ1) is 9.31. The van der Waals surface area contributed by atoms with E-state index in [1.807, 2.05) is 0 Å². The van der Waals surface area contributed by atoms with Crippen LogP contribution in [0.15, 0.2) is 40.6 Å². The summed E-state index contributed by atoms with van der Waals surface area (Å²) in [7, 11) is 0. The van der Waals surface area contributed by atoms with Crippen LogP contribution in [0.4, 0.5) is 0 Å². The summed E-state index contributed by atoms with van der Waals surface area (Å²) in [5, 5.41) is 20.0. The van der Waals surface area contributed by atoms with Gasteiger partial charge in [-0.1, -0.05) is 15.9 Å². The zero-order chi connectivity index (χ0) is 15.0. The van der Waals surface area contributed by atoms with Gasteiger partial charge in [0.1, 0.15) is 0 Å². The summed E-state index contributed by atoms with van der Waals surface area (Å²) in [4.78, 5) is 0. The fourth-order valence-electron chi connectivity index (χ4n) is 1.39. The van der Waals surface area contributed by atoms with Gasteiger partial charge in [-0.05, 0) is 81.9 Å². The average Bonchev–Trinajstić information content (AvgIpc) is 2.37. The number of aromatic hydroxyl groups is 2. The predicted molar refractivity (Wildman–Crippen MR) is 94.8 cm³/mol. The Morgan fingerprint density at radius 2 is 1.45 bits per heavy atom. The highest BCUT2D eigenvalue weighted by atomic mass is 79.9. The standard InChI is InChI=1S/C12H5Br5O3/c13-4-1-6(15)11(19)8(2-4)20-12-7(18)3-5(14)9(16)10(12)17/h1-3,18-19H. The lowest BCUT2D eigenvalue weighted by Crippen LogP contribution is -1.89. The summed E-state index contributed by atoms with van der Waals surface area (Å²) < 4.78 is 8.71. The highest BCUT2D eigenvalue weighted by molar-refractivity contribution is 9.14. The first kappa shape index (κ1) is 16.6. The summed E-state index contributed by atoms with van der Waals surface area (Å²) in [6.07, 6.45) is 0. The van der Waals surface area contributed by atoms with Gasteiger partial charge in [-0.2, -0.15) is 0 Å². The van der Waals surface area contributed by atoms with Gasteiger partial charge in [-0.15, -0.1) is 0 Å². The van der Waals surface area contributed by atoms with E-state index in [9.17, 15) is 10.2 Å². The van der Waals surface area contributed by atoms with E-state index in [-0.39, 0.29) is 23.0 Å². The van der Waals surface area contributed by atoms with Crippen molar-refractivity contribution in [3.05, 3.63) is 40.6 Å². The molecule has 0 aliphatic carbocycles. The lowest BCUT2D eigenvalue weighted by molar-refractivity contribution is 0.381. The molecule has 0 bridgehead atoms. The zero-order valence-electron chi connectivity index (χ0n) is 9.42. The third-order valence-electron chi connectivity index (χ3n) is 2.30. The molecule has 0 amide bonds. The Morgan fingerprint density at radius 3 is 2.10 bits per heavy atom. The van der Waals surface area contributed by atoms with Crippen molar-refractivity contribution in [3.63, 3.8) is 0 Å². The molecule has 0 spiro atoms. The Morgan fingerprint density at radius 1 is 0.800 bits per heavy atom. The second-order valence-electron chi connectivity index (χ2n) is 3.67. The van der Waals surface area contributed by atoms with Crippen molar-refractivity contribution < 1.29 is 14.9 Å². The molecule has 2 rings (SSSR count). The molecule has 8 heteroatoms. The third kappa shape index (κ3) is 3.35. The number of ether oxygens (including phenoxy) is 1. The van der Waals surface area contributed by atoms with Crippen LogP contribution in [0.3, 0.4) is 0 Å². The highest BCUT2D eigenvalue weighted by Crippen LogP contribution is 2.48. The monoisotopic (exact) mass is 592 g/mol. The normalized spacial score (nSPS) is 10.7. The third-order valence-corrected chi connectivity index (χ3v) is 6.64. The van der Waals surface area contributed by atoms with Crippen LogP contribution < -0.4 is 4.74 Å². The molecule has 0 atom stereocenters. The number of hydrogen-bond acceptors (Lipinski definition) is 3. The molecule has 0 fully saturated rings. The highest BCUT2D eigenvalue weighted by Gasteiger charge is 2.18. The Labute approximate surface area is 157 Å². The fraction of sp³-hybridized carbons (Fsp3) is 0. The molecule has 2 aromatic rings. The molecule has 0 saturated heterocycles. The molecule has 0 aliphatic heterocycles. The second kappa shape index (κ2) is 6.56. The predicted octanol–water partition coefficient (Wildman–Crippen LogP) is 6.70. The van der Waals surface area contributed by atoms with Crippen LogP contribution in [0, 0.1) is 0 Å². The van der Waals surface area contributed by atoms with E-state index in [1.165, 1.54) is 6.07 Å². The smallest absolute Gasteiger partial charge is 0.184 e. The minimum atomic E-state index is -0.0672. The van der Waals surface area contributed by atoms with Crippen LogP contribution in [0.1, 0.15) is 0 Å². The van der Waals surface area contributed by atoms with Crippen molar-refractivity contribution in [1.82, 2.24) is 0 Å². The summed E-state index contributed by atoms with van der Waals surface area (Å²) in [6, 6.07) is 4.78. The quantitative estimate of drug-likeness (QED) is 0.380. The number of rotatable bonds is 2. The van der Waals surface area contributed by atoms with E-state index in [0.29, 0.717) is 17.9 Å². The second-order valence-corrected chi connectivity index (χ2v) is 7.88. The van der Waals surface area contributed by atoms with Crippen LogP contribution in [0.25, 0.3) is 0 Å². The molecule has 2 N–H and O–H groups in total. The van der Waals surface area contributed by atoms with Crippen LogP contribution in [-0.4, -0.2) is 10.2 Å². The molecule has 0 radical (unpaired) electrons. The first-order valence-corrected chi connectivity index (χ1v) is 9.00. The van der Waals surface area contributed by atoms with Crippen molar-refractivity contribution in [1.29, 1.82) is 0 Å². The Hall–Kier alpha value is 0.240. The number of phenolic OH excluding ortho intramolecular Hbond substituents is 2. The van der Waals surface area contributed by atoms with E-state index >= 15 is 0 Å². The van der Waals surface area contributed by atoms with Gasteiger partial charge in [0, 0.05) is 13.4 Å². The molecule has 3 nitrogen and oxygen atoms in total. The van der Waals surface area contributed by atoms with E-state index < -0.39 is 0 Å². The van der Waals surface area contributed by atoms with E-state index in [0.717, 1.165) is 4.47 Å². The largest absolute Gasteiger partial charge is 0.504 e. The van der Waals surface area contributed by atoms with Gasteiger partial charge in [0.25, 0.3) is 0 Å². The van der Waals surface area contributed by atoms with E-state index in [2.05, 4.69) is 79.6 Å². The average molecular weight is 597 g/mol. The molecule has 0 heterocycles. The topological polar surface area (TPSA) is 49.7 Å². The van der Waals surface area contributed by atoms with Crippen molar-refractivity contribution in [2.45, 2.75) is 0 Å². The van der Waals surface area contributed by atoms with Crippen LogP contribution in [-0.2, 0) is 0 Å². The summed E-state index contributed by atoms with van der Waals surface area (Å²) >= 11 is 16.5. The number of hydrogen-bond donors (Lipinski definition) is 2. The van der Waals surface area contributed by atoms with Gasteiger partial charge in [0.05, 0.1) is 8.95 Å². The molecular weight excluding hydrogens is 592 g/mol. The zero-order valence-corrected chi connectivity index (χ0v) is 17.4. The van der Waals surface area contributed by atoms with Crippen LogP contribution >= 0.6 is 79.6 Å². The van der Waals surface area contributed by atoms with Gasteiger partial charge in [-0.3, -0.25) is 0 Å². The Bertz CT molecular complexity index is 688. The number of benzene rings is 2. The van der Waals surface area contributed by atoms with Gasteiger partial charge in [0.15, 0.2) is 23.0 Å². The first-order valence-electron chi connectivity index (χ1n) is 5.03. The molecule has 0 unspecified atom stereocenters. The minimum Gasteiger partial charge on any atom is -0.504 e. The van der Waals surface area contributed by atoms with Crippen LogP contribution in [0.5, 0.6) is 23.0 Å². The summed E-state index contributed by atoms with van der Waals surface area (Å²) in [5.74, 6) is 0.276. The molecule has 0 saturated carbocycles. The van der Waals surface area contributed by atoms with E-state index in [4.69, 9.17) is 4.74 Å². The maximum Gasteiger partial charge on any atom is 0.184 e. The van der Waals surface area contributed by atoms with Gasteiger partial charge in [-0.25, -0.2) is 0 Å². The molecular formula is C12H5Br5O3. The molecule has 0 aromatic heterocycles. The molecule has 2 aromatic carbocycles. The minimum absolute atomic E-state index is 0.0569. The Kier molecular flexibility index (Phi) is 5.45. The SMILES string of the molecule is Oc1cc(Br)c(Br)c(Br)c1Oc1cc(Br)cc(Br)c1O.